The minimum absolute atomic E-state index is 0.630. The average Bonchev–Trinajstić information content (AvgIpc) is 2.47. The largest absolute Gasteiger partial charge is 0.497 e. The van der Waals surface area contributed by atoms with Gasteiger partial charge >= 0.3 is 5.97 Å². The van der Waals surface area contributed by atoms with Crippen LogP contribution in [0.3, 0.4) is 0 Å². The third-order valence-corrected chi connectivity index (χ3v) is 4.04. The molecule has 0 amide bonds. The summed E-state index contributed by atoms with van der Waals surface area (Å²) in [4.78, 5) is 11.8. The third kappa shape index (κ3) is 2.39. The van der Waals surface area contributed by atoms with E-state index in [2.05, 4.69) is 0 Å². The van der Waals surface area contributed by atoms with Gasteiger partial charge in [-0.2, -0.15) is 0 Å². The molecule has 0 saturated heterocycles. The molecule has 1 aromatic rings. The van der Waals surface area contributed by atoms with Crippen molar-refractivity contribution in [3.8, 4) is 11.5 Å². The second-order valence-electron chi connectivity index (χ2n) is 5.01. The number of carboxylic acid groups (broad SMARTS) is 1. The number of aliphatic carboxylic acids is 1. The molecule has 0 unspecified atom stereocenters. The second-order valence-corrected chi connectivity index (χ2v) is 5.01. The summed E-state index contributed by atoms with van der Waals surface area (Å²) in [6, 6.07) is 5.38. The van der Waals surface area contributed by atoms with Gasteiger partial charge in [0.1, 0.15) is 11.5 Å². The van der Waals surface area contributed by atoms with Gasteiger partial charge in [-0.05, 0) is 31.0 Å². The Morgan fingerprint density at radius 1 is 1.16 bits per heavy atom. The van der Waals surface area contributed by atoms with E-state index in [1.54, 1.807) is 32.4 Å². The van der Waals surface area contributed by atoms with Gasteiger partial charge < -0.3 is 14.6 Å². The lowest BCUT2D eigenvalue weighted by Crippen LogP contribution is -2.38. The fourth-order valence-electron chi connectivity index (χ4n) is 2.94. The molecule has 1 aliphatic carbocycles. The Hall–Kier alpha value is -1.71. The van der Waals surface area contributed by atoms with Gasteiger partial charge in [-0.25, -0.2) is 0 Å². The quantitative estimate of drug-likeness (QED) is 0.908. The zero-order chi connectivity index (χ0) is 13.9. The maximum Gasteiger partial charge on any atom is 0.314 e. The van der Waals surface area contributed by atoms with Gasteiger partial charge in [-0.1, -0.05) is 19.3 Å². The van der Waals surface area contributed by atoms with E-state index in [0.717, 1.165) is 24.8 Å². The Balaban J connectivity index is 2.54. The lowest BCUT2D eigenvalue weighted by atomic mass is 9.69. The van der Waals surface area contributed by atoms with Crippen molar-refractivity contribution >= 4 is 5.97 Å². The molecule has 1 N–H and O–H groups in total. The molecule has 0 heterocycles. The van der Waals surface area contributed by atoms with Gasteiger partial charge in [0.2, 0.25) is 0 Å². The minimum Gasteiger partial charge on any atom is -0.497 e. The molecule has 0 aliphatic heterocycles. The summed E-state index contributed by atoms with van der Waals surface area (Å²) in [5, 5.41) is 9.73. The number of benzene rings is 1. The summed E-state index contributed by atoms with van der Waals surface area (Å²) in [7, 11) is 3.16. The molecule has 1 aromatic carbocycles. The predicted molar refractivity (Wildman–Crippen MR) is 71.9 cm³/mol. The molecule has 0 radical (unpaired) electrons. The van der Waals surface area contributed by atoms with Crippen molar-refractivity contribution in [2.24, 2.45) is 0 Å². The standard InChI is InChI=1S/C15H20O4/c1-18-11-6-7-13(19-2)12(10-11)15(14(16)17)8-4-3-5-9-15/h6-7,10H,3-5,8-9H2,1-2H3,(H,16,17). The predicted octanol–water partition coefficient (Wildman–Crippen LogP) is 2.99. The summed E-state index contributed by atoms with van der Waals surface area (Å²) in [6.07, 6.45) is 4.29. The van der Waals surface area contributed by atoms with Crippen molar-refractivity contribution in [3.63, 3.8) is 0 Å². The highest BCUT2D eigenvalue weighted by molar-refractivity contribution is 5.83. The normalized spacial score (nSPS) is 17.8. The molecule has 0 atom stereocenters. The first-order chi connectivity index (χ1) is 9.14. The first-order valence-electron chi connectivity index (χ1n) is 6.60. The highest BCUT2D eigenvalue weighted by Gasteiger charge is 2.43. The van der Waals surface area contributed by atoms with Gasteiger partial charge in [0.15, 0.2) is 0 Å². The van der Waals surface area contributed by atoms with Crippen LogP contribution >= 0.6 is 0 Å². The van der Waals surface area contributed by atoms with Gasteiger partial charge in [-0.3, -0.25) is 4.79 Å². The maximum atomic E-state index is 11.8. The van der Waals surface area contributed by atoms with E-state index in [0.29, 0.717) is 24.3 Å². The molecule has 2 rings (SSSR count). The van der Waals surface area contributed by atoms with Crippen LogP contribution in [0.4, 0.5) is 0 Å². The van der Waals surface area contributed by atoms with Crippen molar-refractivity contribution < 1.29 is 19.4 Å². The fourth-order valence-corrected chi connectivity index (χ4v) is 2.94. The Morgan fingerprint density at radius 3 is 2.37 bits per heavy atom. The van der Waals surface area contributed by atoms with Crippen LogP contribution in [-0.2, 0) is 10.2 Å². The molecular formula is C15H20O4. The summed E-state index contributed by atoms with van der Waals surface area (Å²) in [5.41, 5.74) is -0.0976. The molecule has 4 heteroatoms. The molecule has 104 valence electrons. The van der Waals surface area contributed by atoms with Crippen molar-refractivity contribution in [1.29, 1.82) is 0 Å². The molecule has 0 bridgehead atoms. The molecule has 4 nitrogen and oxygen atoms in total. The monoisotopic (exact) mass is 264 g/mol. The van der Waals surface area contributed by atoms with Crippen LogP contribution in [0.15, 0.2) is 18.2 Å². The Morgan fingerprint density at radius 2 is 1.84 bits per heavy atom. The van der Waals surface area contributed by atoms with Crippen LogP contribution < -0.4 is 9.47 Å². The number of ether oxygens (including phenoxy) is 2. The summed E-state index contributed by atoms with van der Waals surface area (Å²) < 4.78 is 10.6. The number of hydrogen-bond acceptors (Lipinski definition) is 3. The van der Waals surface area contributed by atoms with E-state index in [4.69, 9.17) is 9.47 Å². The number of methoxy groups -OCH3 is 2. The van der Waals surface area contributed by atoms with Gasteiger partial charge in [0.05, 0.1) is 19.6 Å². The van der Waals surface area contributed by atoms with Crippen LogP contribution in [0, 0.1) is 0 Å². The Bertz CT molecular complexity index is 461. The molecule has 19 heavy (non-hydrogen) atoms. The van der Waals surface area contributed by atoms with Crippen LogP contribution in [0.1, 0.15) is 37.7 Å². The van der Waals surface area contributed by atoms with Crippen LogP contribution in [0.25, 0.3) is 0 Å². The summed E-state index contributed by atoms with van der Waals surface area (Å²) >= 11 is 0. The van der Waals surface area contributed by atoms with Crippen LogP contribution in [0.2, 0.25) is 0 Å². The number of rotatable bonds is 4. The van der Waals surface area contributed by atoms with Crippen LogP contribution in [-0.4, -0.2) is 25.3 Å². The number of hydrogen-bond donors (Lipinski definition) is 1. The Kier molecular flexibility index (Phi) is 3.98. The van der Waals surface area contributed by atoms with Crippen molar-refractivity contribution in [2.45, 2.75) is 37.5 Å². The van der Waals surface area contributed by atoms with Crippen molar-refractivity contribution in [1.82, 2.24) is 0 Å². The average molecular weight is 264 g/mol. The fraction of sp³-hybridized carbons (Fsp3) is 0.533. The summed E-state index contributed by atoms with van der Waals surface area (Å²) in [5.74, 6) is 0.533. The molecule has 1 aliphatic rings. The smallest absolute Gasteiger partial charge is 0.314 e. The molecule has 1 fully saturated rings. The lowest BCUT2D eigenvalue weighted by Gasteiger charge is -2.34. The molecule has 0 spiro atoms. The third-order valence-electron chi connectivity index (χ3n) is 4.04. The van der Waals surface area contributed by atoms with E-state index >= 15 is 0 Å². The second kappa shape index (κ2) is 5.51. The first kappa shape index (κ1) is 13.7. The zero-order valence-electron chi connectivity index (χ0n) is 11.4. The Labute approximate surface area is 113 Å². The van der Waals surface area contributed by atoms with Gasteiger partial charge in [-0.15, -0.1) is 0 Å². The van der Waals surface area contributed by atoms with E-state index < -0.39 is 11.4 Å². The topological polar surface area (TPSA) is 55.8 Å². The van der Waals surface area contributed by atoms with E-state index in [-0.39, 0.29) is 0 Å². The van der Waals surface area contributed by atoms with Crippen molar-refractivity contribution in [2.75, 3.05) is 14.2 Å². The number of carboxylic acids is 1. The van der Waals surface area contributed by atoms with Crippen LogP contribution in [0.5, 0.6) is 11.5 Å². The van der Waals surface area contributed by atoms with E-state index in [1.807, 2.05) is 0 Å². The number of carbonyl (C=O) groups is 1. The van der Waals surface area contributed by atoms with Gasteiger partial charge in [0.25, 0.3) is 0 Å². The highest BCUT2D eigenvalue weighted by atomic mass is 16.5. The van der Waals surface area contributed by atoms with E-state index in [1.165, 1.54) is 0 Å². The van der Waals surface area contributed by atoms with E-state index in [9.17, 15) is 9.90 Å². The van der Waals surface area contributed by atoms with Crippen molar-refractivity contribution in [3.05, 3.63) is 23.8 Å². The molecule has 1 saturated carbocycles. The maximum absolute atomic E-state index is 11.8. The SMILES string of the molecule is COc1ccc(OC)c(C2(C(=O)O)CCCCC2)c1. The lowest BCUT2D eigenvalue weighted by molar-refractivity contribution is -0.145. The summed E-state index contributed by atoms with van der Waals surface area (Å²) in [6.45, 7) is 0. The first-order valence-corrected chi connectivity index (χ1v) is 6.60. The van der Waals surface area contributed by atoms with Gasteiger partial charge in [0, 0.05) is 5.56 Å². The highest BCUT2D eigenvalue weighted by Crippen LogP contribution is 2.44. The zero-order valence-corrected chi connectivity index (χ0v) is 11.4. The minimum atomic E-state index is -0.835. The molecular weight excluding hydrogens is 244 g/mol. The molecule has 0 aromatic heterocycles.